The molecule has 0 spiro atoms. The normalized spacial score (nSPS) is 12.0. The smallest absolute Gasteiger partial charge is 0.278 e. The van der Waals surface area contributed by atoms with E-state index in [1.54, 1.807) is 6.07 Å². The van der Waals surface area contributed by atoms with Crippen LogP contribution in [0.15, 0.2) is 59.7 Å². The van der Waals surface area contributed by atoms with Crippen molar-refractivity contribution < 1.29 is 18.1 Å². The average molecular weight is 309 g/mol. The minimum Gasteiger partial charge on any atom is -0.278 e. The van der Waals surface area contributed by atoms with Gasteiger partial charge in [0, 0.05) is 17.7 Å². The molecule has 5 nitrogen and oxygen atoms in total. The number of nitro benzene ring substituents is 1. The molecule has 2 aromatic rings. The molecule has 0 fully saturated rings. The Labute approximate surface area is 123 Å². The molecule has 0 bridgehead atoms. The third kappa shape index (κ3) is 3.81. The van der Waals surface area contributed by atoms with Gasteiger partial charge in [-0.3, -0.25) is 15.5 Å². The zero-order chi connectivity index (χ0) is 16.2. The highest BCUT2D eigenvalue weighted by atomic mass is 19.4. The fourth-order valence-electron chi connectivity index (χ4n) is 1.67. The van der Waals surface area contributed by atoms with Gasteiger partial charge in [-0.05, 0) is 12.1 Å². The third-order valence-electron chi connectivity index (χ3n) is 2.69. The predicted octanol–water partition coefficient (Wildman–Crippen LogP) is 3.97. The van der Waals surface area contributed by atoms with Crippen LogP contribution < -0.4 is 5.43 Å². The van der Waals surface area contributed by atoms with E-state index in [-0.39, 0.29) is 16.9 Å². The van der Waals surface area contributed by atoms with Gasteiger partial charge in [0.25, 0.3) is 5.69 Å². The molecule has 22 heavy (non-hydrogen) atoms. The third-order valence-corrected chi connectivity index (χ3v) is 2.69. The van der Waals surface area contributed by atoms with Gasteiger partial charge in [-0.25, -0.2) is 0 Å². The van der Waals surface area contributed by atoms with E-state index in [0.29, 0.717) is 0 Å². The summed E-state index contributed by atoms with van der Waals surface area (Å²) in [6.45, 7) is 0. The Morgan fingerprint density at radius 3 is 2.14 bits per heavy atom. The Morgan fingerprint density at radius 2 is 1.64 bits per heavy atom. The first-order chi connectivity index (χ1) is 10.4. The molecule has 0 unspecified atom stereocenters. The lowest BCUT2D eigenvalue weighted by Gasteiger charge is -2.11. The molecule has 0 radical (unpaired) electrons. The maximum Gasteiger partial charge on any atom is 0.435 e. The van der Waals surface area contributed by atoms with Gasteiger partial charge in [-0.15, -0.1) is 0 Å². The van der Waals surface area contributed by atoms with Crippen LogP contribution in [-0.2, 0) is 0 Å². The highest BCUT2D eigenvalue weighted by Crippen LogP contribution is 2.23. The summed E-state index contributed by atoms with van der Waals surface area (Å²) in [4.78, 5) is 9.90. The molecule has 0 atom stereocenters. The molecule has 2 rings (SSSR count). The Bertz CT molecular complexity index is 683. The molecular weight excluding hydrogens is 299 g/mol. The van der Waals surface area contributed by atoms with Crippen molar-refractivity contribution in [2.45, 2.75) is 6.18 Å². The molecule has 114 valence electrons. The van der Waals surface area contributed by atoms with Crippen molar-refractivity contribution in [1.29, 1.82) is 0 Å². The molecule has 0 aliphatic rings. The average Bonchev–Trinajstić information content (AvgIpc) is 2.47. The van der Waals surface area contributed by atoms with Crippen molar-refractivity contribution in [2.75, 3.05) is 5.43 Å². The maximum absolute atomic E-state index is 13.0. The Kier molecular flexibility index (Phi) is 4.40. The van der Waals surface area contributed by atoms with Crippen LogP contribution in [0, 0.1) is 10.1 Å². The fraction of sp³-hybridized carbons (Fsp3) is 0.0714. The number of rotatable bonds is 4. The van der Waals surface area contributed by atoms with E-state index in [2.05, 4.69) is 10.5 Å². The lowest BCUT2D eigenvalue weighted by Crippen LogP contribution is -2.25. The van der Waals surface area contributed by atoms with Gasteiger partial charge in [0.2, 0.25) is 0 Å². The quantitative estimate of drug-likeness (QED) is 0.528. The van der Waals surface area contributed by atoms with Crippen LogP contribution in [0.4, 0.5) is 24.5 Å². The monoisotopic (exact) mass is 309 g/mol. The van der Waals surface area contributed by atoms with E-state index in [4.69, 9.17) is 0 Å². The molecule has 0 amide bonds. The Morgan fingerprint density at radius 1 is 1.05 bits per heavy atom. The summed E-state index contributed by atoms with van der Waals surface area (Å²) in [5.74, 6) is 0. The van der Waals surface area contributed by atoms with Crippen LogP contribution in [0.2, 0.25) is 0 Å². The van der Waals surface area contributed by atoms with E-state index < -0.39 is 16.8 Å². The number of non-ortho nitro benzene ring substituents is 1. The number of hydrogen-bond acceptors (Lipinski definition) is 4. The van der Waals surface area contributed by atoms with Gasteiger partial charge >= 0.3 is 6.18 Å². The number of nitrogens with one attached hydrogen (secondary N) is 1. The number of nitrogens with zero attached hydrogens (tertiary/aromatic N) is 2. The fourth-order valence-corrected chi connectivity index (χ4v) is 1.67. The summed E-state index contributed by atoms with van der Waals surface area (Å²) >= 11 is 0. The van der Waals surface area contributed by atoms with E-state index in [9.17, 15) is 23.3 Å². The van der Waals surface area contributed by atoms with E-state index in [1.165, 1.54) is 48.5 Å². The van der Waals surface area contributed by atoms with Gasteiger partial charge in [-0.2, -0.15) is 18.3 Å². The van der Waals surface area contributed by atoms with Crippen LogP contribution in [0.5, 0.6) is 0 Å². The predicted molar refractivity (Wildman–Crippen MR) is 75.8 cm³/mol. The molecule has 0 aromatic heterocycles. The zero-order valence-corrected chi connectivity index (χ0v) is 11.0. The van der Waals surface area contributed by atoms with E-state index in [0.717, 1.165) is 0 Å². The number of benzene rings is 2. The van der Waals surface area contributed by atoms with Crippen LogP contribution in [0.3, 0.4) is 0 Å². The number of halogens is 3. The second kappa shape index (κ2) is 6.25. The first kappa shape index (κ1) is 15.5. The van der Waals surface area contributed by atoms with Crippen LogP contribution in [-0.4, -0.2) is 16.8 Å². The summed E-state index contributed by atoms with van der Waals surface area (Å²) in [6.07, 6.45) is -4.63. The van der Waals surface area contributed by atoms with Crippen molar-refractivity contribution in [3.05, 3.63) is 70.3 Å². The molecule has 0 saturated carbocycles. The Balaban J connectivity index is 2.26. The zero-order valence-electron chi connectivity index (χ0n) is 11.0. The summed E-state index contributed by atoms with van der Waals surface area (Å²) in [5.41, 5.74) is 1.16. The van der Waals surface area contributed by atoms with E-state index in [1.807, 2.05) is 0 Å². The first-order valence-electron chi connectivity index (χ1n) is 6.08. The van der Waals surface area contributed by atoms with Crippen LogP contribution >= 0.6 is 0 Å². The number of hydrogen-bond donors (Lipinski definition) is 1. The minimum atomic E-state index is -4.63. The summed E-state index contributed by atoms with van der Waals surface area (Å²) in [6, 6.07) is 12.0. The lowest BCUT2D eigenvalue weighted by atomic mass is 10.1. The molecule has 0 aliphatic heterocycles. The van der Waals surface area contributed by atoms with E-state index >= 15 is 0 Å². The van der Waals surface area contributed by atoms with Crippen molar-refractivity contribution in [2.24, 2.45) is 5.10 Å². The van der Waals surface area contributed by atoms with Gasteiger partial charge in [0.1, 0.15) is 0 Å². The molecule has 0 heterocycles. The summed E-state index contributed by atoms with van der Waals surface area (Å²) in [5, 5.41) is 13.9. The van der Waals surface area contributed by atoms with Crippen molar-refractivity contribution in [3.8, 4) is 0 Å². The van der Waals surface area contributed by atoms with Gasteiger partial charge in [0.05, 0.1) is 10.6 Å². The van der Waals surface area contributed by atoms with Crippen LogP contribution in [0.25, 0.3) is 0 Å². The first-order valence-corrected chi connectivity index (χ1v) is 6.08. The Hall–Kier alpha value is -2.90. The maximum atomic E-state index is 13.0. The SMILES string of the molecule is O=[N+]([O-])c1ccc(N/N=C(/c2ccccc2)C(F)(F)F)cc1. The lowest BCUT2D eigenvalue weighted by molar-refractivity contribution is -0.384. The topological polar surface area (TPSA) is 67.5 Å². The number of alkyl halides is 3. The van der Waals surface area contributed by atoms with Crippen molar-refractivity contribution in [1.82, 2.24) is 0 Å². The second-order valence-electron chi connectivity index (χ2n) is 4.24. The largest absolute Gasteiger partial charge is 0.435 e. The summed E-state index contributed by atoms with van der Waals surface area (Å²) in [7, 11) is 0. The second-order valence-corrected chi connectivity index (χ2v) is 4.24. The minimum absolute atomic E-state index is 0.0792. The van der Waals surface area contributed by atoms with Crippen molar-refractivity contribution in [3.63, 3.8) is 0 Å². The summed E-state index contributed by atoms with van der Waals surface area (Å²) < 4.78 is 39.1. The highest BCUT2D eigenvalue weighted by molar-refractivity contribution is 6.04. The molecular formula is C14H10F3N3O2. The number of anilines is 1. The molecule has 0 saturated heterocycles. The highest BCUT2D eigenvalue weighted by Gasteiger charge is 2.37. The van der Waals surface area contributed by atoms with Gasteiger partial charge in [0.15, 0.2) is 5.71 Å². The van der Waals surface area contributed by atoms with Gasteiger partial charge in [-0.1, -0.05) is 30.3 Å². The molecule has 0 aliphatic carbocycles. The van der Waals surface area contributed by atoms with Crippen LogP contribution in [0.1, 0.15) is 5.56 Å². The molecule has 1 N–H and O–H groups in total. The number of hydrazone groups is 1. The number of nitro groups is 1. The molecule has 8 heteroatoms. The standard InChI is InChI=1S/C14H10F3N3O2/c15-14(16,17)13(10-4-2-1-3-5-10)19-18-11-6-8-12(9-7-11)20(21)22/h1-9,18H/b19-13-. The van der Waals surface area contributed by atoms with Crippen molar-refractivity contribution >= 4 is 17.1 Å². The van der Waals surface area contributed by atoms with Gasteiger partial charge < -0.3 is 0 Å². The molecule has 2 aromatic carbocycles.